The average Bonchev–Trinajstić information content (AvgIpc) is 2.25. The molecule has 0 aliphatic carbocycles. The van der Waals surface area contributed by atoms with Gasteiger partial charge < -0.3 is 5.73 Å². The topological polar surface area (TPSA) is 60.2 Å². The molecule has 0 saturated heterocycles. The zero-order valence-electron chi connectivity index (χ0n) is 11.9. The first kappa shape index (κ1) is 20.6. The fraction of sp³-hybridized carbons (Fsp3) is 1.00. The summed E-state index contributed by atoms with van der Waals surface area (Å²) in [5.41, 5.74) is 5.52. The number of halogens is 5. The molecule has 0 heterocycles. The van der Waals surface area contributed by atoms with Crippen molar-refractivity contribution in [2.24, 2.45) is 5.73 Å². The molecule has 0 saturated carbocycles. The van der Waals surface area contributed by atoms with Gasteiger partial charge in [0.15, 0.2) is 0 Å². The van der Waals surface area contributed by atoms with Crippen LogP contribution in [-0.2, 0) is 9.84 Å². The molecule has 0 amide bonds. The van der Waals surface area contributed by atoms with Crippen molar-refractivity contribution in [1.29, 1.82) is 0 Å². The zero-order chi connectivity index (χ0) is 16.7. The summed E-state index contributed by atoms with van der Waals surface area (Å²) in [7, 11) is -3.58. The van der Waals surface area contributed by atoms with Crippen LogP contribution in [0.25, 0.3) is 0 Å². The van der Waals surface area contributed by atoms with Crippen LogP contribution in [0.2, 0.25) is 0 Å². The van der Waals surface area contributed by atoms with Crippen molar-refractivity contribution >= 4 is 9.84 Å². The number of hydrogen-bond acceptors (Lipinski definition) is 3. The quantitative estimate of drug-likeness (QED) is 0.491. The van der Waals surface area contributed by atoms with Crippen LogP contribution in [0.5, 0.6) is 0 Å². The van der Waals surface area contributed by atoms with Gasteiger partial charge in [-0.25, -0.2) is 8.42 Å². The zero-order valence-corrected chi connectivity index (χ0v) is 12.7. The van der Waals surface area contributed by atoms with Crippen molar-refractivity contribution in [2.45, 2.75) is 63.6 Å². The second-order valence-electron chi connectivity index (χ2n) is 5.28. The van der Waals surface area contributed by atoms with E-state index in [2.05, 4.69) is 0 Å². The molecule has 0 aliphatic rings. The average molecular weight is 339 g/mol. The molecule has 0 aliphatic heterocycles. The molecule has 0 aromatic heterocycles. The maximum absolute atomic E-state index is 12.6. The fourth-order valence-electron chi connectivity index (χ4n) is 1.72. The summed E-state index contributed by atoms with van der Waals surface area (Å²) in [5.74, 6) is -5.67. The Bertz CT molecular complexity index is 393. The second-order valence-corrected chi connectivity index (χ2v) is 7.59. The molecular weight excluding hydrogens is 317 g/mol. The predicted octanol–water partition coefficient (Wildman–Crippen LogP) is 3.29. The summed E-state index contributed by atoms with van der Waals surface area (Å²) in [6.45, 7) is 1.83. The number of hydrogen-bond donors (Lipinski definition) is 1. The van der Waals surface area contributed by atoms with E-state index in [-0.39, 0.29) is 11.8 Å². The molecule has 0 fully saturated rings. The molecule has 3 nitrogen and oxygen atoms in total. The third kappa shape index (κ3) is 9.23. The molecular formula is C12H22F5NO2S. The number of rotatable bonds is 10. The molecule has 0 aromatic carbocycles. The van der Waals surface area contributed by atoms with Gasteiger partial charge in [-0.15, -0.1) is 0 Å². The first-order valence-electron chi connectivity index (χ1n) is 6.78. The first-order valence-corrected chi connectivity index (χ1v) is 8.60. The van der Waals surface area contributed by atoms with Crippen LogP contribution in [0, 0.1) is 0 Å². The van der Waals surface area contributed by atoms with Crippen LogP contribution < -0.4 is 5.73 Å². The Hall–Kier alpha value is -0.440. The van der Waals surface area contributed by atoms with Crippen molar-refractivity contribution in [3.8, 4) is 0 Å². The monoisotopic (exact) mass is 339 g/mol. The standard InChI is InChI=1S/C12H22F5NO2S/c1-10(18)6-3-2-4-8-21(19,20)9-5-7-11(13,14)12(15,16)17/h10H,2-9,18H2,1H3. The summed E-state index contributed by atoms with van der Waals surface area (Å²) in [6, 6.07) is 0.0335. The number of unbranched alkanes of at least 4 members (excludes halogenated alkanes) is 2. The Morgan fingerprint density at radius 1 is 0.952 bits per heavy atom. The van der Waals surface area contributed by atoms with Crippen molar-refractivity contribution in [1.82, 2.24) is 0 Å². The molecule has 21 heavy (non-hydrogen) atoms. The summed E-state index contributed by atoms with van der Waals surface area (Å²) >= 11 is 0. The minimum atomic E-state index is -5.63. The van der Waals surface area contributed by atoms with Crippen molar-refractivity contribution in [3.05, 3.63) is 0 Å². The van der Waals surface area contributed by atoms with E-state index in [0.29, 0.717) is 12.8 Å². The summed E-state index contributed by atoms with van der Waals surface area (Å²) < 4.78 is 83.9. The lowest BCUT2D eigenvalue weighted by atomic mass is 10.1. The van der Waals surface area contributed by atoms with Gasteiger partial charge in [0.1, 0.15) is 9.84 Å². The van der Waals surface area contributed by atoms with Crippen molar-refractivity contribution in [3.63, 3.8) is 0 Å². The molecule has 0 bridgehead atoms. The van der Waals surface area contributed by atoms with E-state index in [1.165, 1.54) is 0 Å². The van der Waals surface area contributed by atoms with Crippen LogP contribution in [0.1, 0.15) is 45.4 Å². The van der Waals surface area contributed by atoms with Gasteiger partial charge in [0.2, 0.25) is 0 Å². The Balaban J connectivity index is 3.99. The molecule has 0 rings (SSSR count). The van der Waals surface area contributed by atoms with Crippen molar-refractivity contribution < 1.29 is 30.4 Å². The van der Waals surface area contributed by atoms with E-state index in [1.54, 1.807) is 0 Å². The lowest BCUT2D eigenvalue weighted by Gasteiger charge is -2.19. The van der Waals surface area contributed by atoms with Gasteiger partial charge in [0, 0.05) is 12.5 Å². The maximum atomic E-state index is 12.6. The highest BCUT2D eigenvalue weighted by Gasteiger charge is 2.56. The van der Waals surface area contributed by atoms with Gasteiger partial charge in [-0.1, -0.05) is 12.8 Å². The minimum Gasteiger partial charge on any atom is -0.328 e. The van der Waals surface area contributed by atoms with E-state index in [1.807, 2.05) is 6.92 Å². The number of nitrogens with two attached hydrogens (primary N) is 1. The first-order chi connectivity index (χ1) is 9.37. The van der Waals surface area contributed by atoms with Crippen LogP contribution in [-0.4, -0.2) is 38.1 Å². The molecule has 1 atom stereocenters. The highest BCUT2D eigenvalue weighted by molar-refractivity contribution is 7.91. The van der Waals surface area contributed by atoms with Gasteiger partial charge in [0.05, 0.1) is 11.5 Å². The van der Waals surface area contributed by atoms with E-state index in [0.717, 1.165) is 12.8 Å². The van der Waals surface area contributed by atoms with Gasteiger partial charge in [-0.3, -0.25) is 0 Å². The SMILES string of the molecule is CC(N)CCCCCS(=O)(=O)CCCC(F)(F)C(F)(F)F. The van der Waals surface area contributed by atoms with Crippen molar-refractivity contribution in [2.75, 3.05) is 11.5 Å². The van der Waals surface area contributed by atoms with E-state index in [4.69, 9.17) is 5.73 Å². The molecule has 0 aromatic rings. The summed E-state index contributed by atoms with van der Waals surface area (Å²) in [4.78, 5) is 0. The third-order valence-corrected chi connectivity index (χ3v) is 4.80. The van der Waals surface area contributed by atoms with E-state index >= 15 is 0 Å². The Morgan fingerprint density at radius 2 is 1.48 bits per heavy atom. The van der Waals surface area contributed by atoms with Crippen LogP contribution in [0.3, 0.4) is 0 Å². The van der Waals surface area contributed by atoms with Crippen LogP contribution >= 0.6 is 0 Å². The van der Waals surface area contributed by atoms with Crippen LogP contribution in [0.4, 0.5) is 22.0 Å². The maximum Gasteiger partial charge on any atom is 0.453 e. The molecule has 9 heteroatoms. The van der Waals surface area contributed by atoms with E-state index < -0.39 is 40.5 Å². The Labute approximate surface area is 122 Å². The Morgan fingerprint density at radius 3 is 1.95 bits per heavy atom. The fourth-order valence-corrected chi connectivity index (χ4v) is 3.16. The summed E-state index contributed by atoms with van der Waals surface area (Å²) in [5, 5.41) is 0. The Kier molecular flexibility index (Phi) is 8.09. The largest absolute Gasteiger partial charge is 0.453 e. The summed E-state index contributed by atoms with van der Waals surface area (Å²) in [6.07, 6.45) is -5.30. The molecule has 0 spiro atoms. The van der Waals surface area contributed by atoms with Crippen LogP contribution in [0.15, 0.2) is 0 Å². The second kappa shape index (κ2) is 8.26. The minimum absolute atomic E-state index is 0.0335. The number of alkyl halides is 5. The predicted molar refractivity (Wildman–Crippen MR) is 71.0 cm³/mol. The normalized spacial score (nSPS) is 15.2. The van der Waals surface area contributed by atoms with Gasteiger partial charge >= 0.3 is 12.1 Å². The molecule has 0 radical (unpaired) electrons. The highest BCUT2D eigenvalue weighted by Crippen LogP contribution is 2.38. The van der Waals surface area contributed by atoms with Gasteiger partial charge in [0.25, 0.3) is 0 Å². The lowest BCUT2D eigenvalue weighted by molar-refractivity contribution is -0.284. The molecule has 2 N–H and O–H groups in total. The smallest absolute Gasteiger partial charge is 0.328 e. The molecule has 128 valence electrons. The van der Waals surface area contributed by atoms with Gasteiger partial charge in [-0.05, 0) is 26.2 Å². The third-order valence-electron chi connectivity index (χ3n) is 2.98. The van der Waals surface area contributed by atoms with Gasteiger partial charge in [-0.2, -0.15) is 22.0 Å². The van der Waals surface area contributed by atoms with E-state index in [9.17, 15) is 30.4 Å². The lowest BCUT2D eigenvalue weighted by Crippen LogP contribution is -2.36. The number of sulfone groups is 1. The highest BCUT2D eigenvalue weighted by atomic mass is 32.2. The molecule has 1 unspecified atom stereocenters.